The van der Waals surface area contributed by atoms with Gasteiger partial charge in [0.2, 0.25) is 33.6 Å². The molecular formula is C42H54F3N5O10S. The van der Waals surface area contributed by atoms with Crippen molar-refractivity contribution in [2.45, 2.75) is 126 Å². The molecule has 7 atom stereocenters. The molecule has 0 unspecified atom stereocenters. The molecule has 4 amide bonds. The number of amides is 4. The molecule has 1 saturated heterocycles. The first-order valence-corrected chi connectivity index (χ1v) is 22.3. The van der Waals surface area contributed by atoms with Crippen molar-refractivity contribution in [1.82, 2.24) is 24.8 Å². The number of pyridine rings is 1. The summed E-state index contributed by atoms with van der Waals surface area (Å²) >= 11 is 0. The Labute approximate surface area is 352 Å². The molecular weight excluding hydrogens is 824 g/mol. The zero-order chi connectivity index (χ0) is 44.2. The zero-order valence-electron chi connectivity index (χ0n) is 34.9. The lowest BCUT2D eigenvalue weighted by Crippen LogP contribution is -2.64. The van der Waals surface area contributed by atoms with Crippen molar-refractivity contribution in [2.24, 2.45) is 17.8 Å². The zero-order valence-corrected chi connectivity index (χ0v) is 35.7. The van der Waals surface area contributed by atoms with Crippen LogP contribution in [-0.4, -0.2) is 119 Å². The molecule has 334 valence electrons. The van der Waals surface area contributed by atoms with Crippen molar-refractivity contribution in [2.75, 3.05) is 26.9 Å². The average molecular weight is 878 g/mol. The van der Waals surface area contributed by atoms with Gasteiger partial charge in [0.25, 0.3) is 12.3 Å². The van der Waals surface area contributed by atoms with E-state index in [0.717, 1.165) is 36.1 Å². The van der Waals surface area contributed by atoms with E-state index in [2.05, 4.69) is 5.32 Å². The summed E-state index contributed by atoms with van der Waals surface area (Å²) in [7, 11) is -2.95. The van der Waals surface area contributed by atoms with Crippen LogP contribution >= 0.6 is 0 Å². The molecule has 2 saturated carbocycles. The molecule has 1 aromatic carbocycles. The first kappa shape index (κ1) is 44.3. The van der Waals surface area contributed by atoms with Crippen molar-refractivity contribution in [1.29, 1.82) is 0 Å². The maximum Gasteiger partial charge on any atom is 0.408 e. The number of fused-ring (bicyclic) bond motifs is 5. The summed E-state index contributed by atoms with van der Waals surface area (Å²) in [5, 5.41) is 14.6. The lowest BCUT2D eigenvalue weighted by Gasteiger charge is -2.44. The van der Waals surface area contributed by atoms with Crippen molar-refractivity contribution < 1.29 is 60.1 Å². The second kappa shape index (κ2) is 16.5. The van der Waals surface area contributed by atoms with Crippen LogP contribution in [-0.2, 0) is 30.8 Å². The highest BCUT2D eigenvalue weighted by atomic mass is 32.2. The van der Waals surface area contributed by atoms with Gasteiger partial charge in [-0.3, -0.25) is 24.0 Å². The number of sulfonamides is 1. The van der Waals surface area contributed by atoms with Gasteiger partial charge in [-0.15, -0.1) is 0 Å². The molecule has 5 aliphatic rings. The van der Waals surface area contributed by atoms with Crippen LogP contribution in [0.2, 0.25) is 0 Å². The van der Waals surface area contributed by atoms with Gasteiger partial charge in [-0.1, -0.05) is 26.0 Å². The quantitative estimate of drug-likeness (QED) is 0.268. The maximum atomic E-state index is 15.1. The average Bonchev–Trinajstić information content (AvgIpc) is 4.12. The molecule has 1 aromatic heterocycles. The topological polar surface area (TPSA) is 194 Å². The third-order valence-electron chi connectivity index (χ3n) is 13.2. The van der Waals surface area contributed by atoms with Crippen molar-refractivity contribution in [3.05, 3.63) is 35.9 Å². The van der Waals surface area contributed by atoms with E-state index in [1.54, 1.807) is 31.2 Å². The Morgan fingerprint density at radius 2 is 1.92 bits per heavy atom. The van der Waals surface area contributed by atoms with Gasteiger partial charge >= 0.3 is 6.09 Å². The number of ether oxygens (including phenoxy) is 3. The van der Waals surface area contributed by atoms with Crippen LogP contribution in [0.25, 0.3) is 10.8 Å². The fourth-order valence-corrected chi connectivity index (χ4v) is 10.6. The third kappa shape index (κ3) is 8.18. The number of benzene rings is 1. The number of carboxylic acid groups (broad SMARTS) is 1. The number of rotatable bonds is 10. The highest BCUT2D eigenvalue weighted by molar-refractivity contribution is 7.91. The number of carbonyl (C=O) groups excluding carboxylic acids is 3. The van der Waals surface area contributed by atoms with Gasteiger partial charge in [0.15, 0.2) is 0 Å². The summed E-state index contributed by atoms with van der Waals surface area (Å²) in [5.74, 6) is -3.41. The van der Waals surface area contributed by atoms with Gasteiger partial charge in [-0.05, 0) is 101 Å². The normalized spacial score (nSPS) is 29.4. The number of alkyl halides is 3. The number of hydrogen-bond donors (Lipinski definition) is 3. The lowest BCUT2D eigenvalue weighted by atomic mass is 9.85. The Morgan fingerprint density at radius 3 is 2.57 bits per heavy atom. The Bertz CT molecular complexity index is 2220. The van der Waals surface area contributed by atoms with Crippen LogP contribution in [0.1, 0.15) is 84.6 Å². The van der Waals surface area contributed by atoms with Crippen LogP contribution in [0.3, 0.4) is 0 Å². The van der Waals surface area contributed by atoms with E-state index in [4.69, 9.17) is 19.2 Å². The van der Waals surface area contributed by atoms with E-state index in [0.29, 0.717) is 47.8 Å². The number of hydrogen-bond acceptors (Lipinski definition) is 10. The van der Waals surface area contributed by atoms with E-state index in [1.165, 1.54) is 7.11 Å². The number of nitrogens with zero attached hydrogens (tertiary/aromatic N) is 3. The minimum atomic E-state index is -4.48. The summed E-state index contributed by atoms with van der Waals surface area (Å²) in [6, 6.07) is 2.18. The molecule has 0 bridgehead atoms. The highest BCUT2D eigenvalue weighted by Crippen LogP contribution is 2.48. The standard InChI is InChI=1S/C42H54F3N5O10S/c1-23-9-6-7-10-25-20-42(25,38(53)48-61(56,57)41(22-43)14-15-41)47-33(51)31-19-27(21-49(31)36(52)32(24(2)17-23)50(39(54)55)40(3,4)37(44)45)60-35-29-13-12-26(58-5)18-30(29)28-11-8-16-59-34(28)46-35/h7,10,12-13,18,23-25,27,31-32,37H,6,8-9,11,14-17,19-22H2,1-5H3,(H,47,51)(H,48,53)(H,54,55)/b10-7-/t23-,24+,25+,27+,31-,32-,42+/m0/s1. The van der Waals surface area contributed by atoms with Crippen molar-refractivity contribution in [3.63, 3.8) is 0 Å². The summed E-state index contributed by atoms with van der Waals surface area (Å²) < 4.78 is 88.2. The number of methoxy groups -OCH3 is 1. The minimum absolute atomic E-state index is 0.00110. The fourth-order valence-electron chi connectivity index (χ4n) is 9.17. The molecule has 2 aliphatic carbocycles. The highest BCUT2D eigenvalue weighted by Gasteiger charge is 2.64. The fraction of sp³-hybridized carbons (Fsp3) is 0.643. The Morgan fingerprint density at radius 1 is 1.18 bits per heavy atom. The van der Waals surface area contributed by atoms with E-state index in [1.807, 2.05) is 17.7 Å². The molecule has 3 fully saturated rings. The second-order valence-corrected chi connectivity index (χ2v) is 20.0. The van der Waals surface area contributed by atoms with Crippen LogP contribution in [0, 0.1) is 17.8 Å². The molecule has 2 aromatic rings. The molecule has 3 aliphatic heterocycles. The first-order chi connectivity index (χ1) is 28.8. The number of aromatic nitrogens is 1. The molecule has 0 spiro atoms. The maximum absolute atomic E-state index is 15.1. The molecule has 19 heteroatoms. The van der Waals surface area contributed by atoms with E-state index >= 15 is 4.79 Å². The second-order valence-electron chi connectivity index (χ2n) is 17.9. The lowest BCUT2D eigenvalue weighted by molar-refractivity contribution is -0.149. The summed E-state index contributed by atoms with van der Waals surface area (Å²) in [6.07, 6.45) is 0.135. The van der Waals surface area contributed by atoms with Gasteiger partial charge in [-0.25, -0.2) is 26.4 Å². The summed E-state index contributed by atoms with van der Waals surface area (Å²) in [5.41, 5.74) is -3.29. The largest absolute Gasteiger partial charge is 0.497 e. The van der Waals surface area contributed by atoms with Crippen LogP contribution < -0.4 is 24.2 Å². The summed E-state index contributed by atoms with van der Waals surface area (Å²) in [4.78, 5) is 63.2. The molecule has 7 rings (SSSR count). The molecule has 0 radical (unpaired) electrons. The Kier molecular flexibility index (Phi) is 12.0. The Hall–Kier alpha value is -4.81. The predicted molar refractivity (Wildman–Crippen MR) is 216 cm³/mol. The van der Waals surface area contributed by atoms with Crippen molar-refractivity contribution >= 4 is 44.6 Å². The number of carbonyl (C=O) groups is 4. The van der Waals surface area contributed by atoms with Gasteiger partial charge in [-0.2, -0.15) is 4.98 Å². The van der Waals surface area contributed by atoms with Crippen molar-refractivity contribution in [3.8, 4) is 17.5 Å². The van der Waals surface area contributed by atoms with E-state index < -0.39 is 92.8 Å². The first-order valence-electron chi connectivity index (χ1n) is 20.8. The SMILES string of the molecule is COc1ccc2c(O[C@@H]3C[C@H]4C(=O)N[C@]5(C(=O)NS(=O)(=O)C6(CF)CC6)C[C@H]5/C=C\CC[C@H](C)C[C@@H](C)[C@H](N(C(=O)O)C(C)(C)C(F)F)C(=O)N4C3)nc3c(c2c1)CCCO3. The molecule has 61 heavy (non-hydrogen) atoms. The smallest absolute Gasteiger partial charge is 0.408 e. The van der Waals surface area contributed by atoms with E-state index in [-0.39, 0.29) is 50.4 Å². The monoisotopic (exact) mass is 877 g/mol. The van der Waals surface area contributed by atoms with Crippen LogP contribution in [0.15, 0.2) is 30.4 Å². The molecule has 3 N–H and O–H groups in total. The third-order valence-corrected chi connectivity index (χ3v) is 15.3. The predicted octanol–water partition coefficient (Wildman–Crippen LogP) is 5.14. The van der Waals surface area contributed by atoms with E-state index in [9.17, 15) is 41.1 Å². The number of aryl methyl sites for hydroxylation is 1. The number of nitrogens with one attached hydrogen (secondary N) is 2. The van der Waals surface area contributed by atoms with Crippen LogP contribution in [0.5, 0.6) is 17.5 Å². The van der Waals surface area contributed by atoms with Crippen LogP contribution in [0.4, 0.5) is 18.0 Å². The Balaban J connectivity index is 1.30. The van der Waals surface area contributed by atoms with Gasteiger partial charge in [0.05, 0.1) is 20.3 Å². The molecule has 4 heterocycles. The summed E-state index contributed by atoms with van der Waals surface area (Å²) in [6.45, 7) is 4.51. The number of allylic oxidation sites excluding steroid dienone is 1. The van der Waals surface area contributed by atoms with Gasteiger partial charge in [0, 0.05) is 23.3 Å². The van der Waals surface area contributed by atoms with Gasteiger partial charge in [0.1, 0.15) is 46.4 Å². The minimum Gasteiger partial charge on any atom is -0.497 e. The van der Waals surface area contributed by atoms with Gasteiger partial charge < -0.3 is 29.5 Å². The number of halogens is 3. The molecule has 15 nitrogen and oxygen atoms in total.